The Kier molecular flexibility index (Phi) is 6.15. The van der Waals surface area contributed by atoms with Crippen molar-refractivity contribution in [2.45, 2.75) is 45.2 Å². The van der Waals surface area contributed by atoms with Crippen LogP contribution in [0.25, 0.3) is 0 Å². The van der Waals surface area contributed by atoms with Gasteiger partial charge in [0.15, 0.2) is 0 Å². The number of nitrogens with two attached hydrogens (primary N) is 1. The summed E-state index contributed by atoms with van der Waals surface area (Å²) in [6.45, 7) is 4.51. The topological polar surface area (TPSA) is 91.5 Å². The van der Waals surface area contributed by atoms with Crippen molar-refractivity contribution in [2.75, 3.05) is 19.6 Å². The number of amides is 1. The summed E-state index contributed by atoms with van der Waals surface area (Å²) in [5, 5.41) is 12.9. The number of nitrogens with zero attached hydrogens (tertiary/aromatic N) is 2. The molecule has 22 heavy (non-hydrogen) atoms. The van der Waals surface area contributed by atoms with Crippen molar-refractivity contribution >= 4 is 5.91 Å². The standard InChI is InChI=1S/C16H26N4O2/c1-12-5-6-15(21)14(19-12)11-20-9-3-2-4-13(20)10-18-16(22)7-8-17/h5-6,13,21H,2-4,7-11,17H2,1H3,(H,18,22). The highest BCUT2D eigenvalue weighted by atomic mass is 16.3. The molecule has 0 radical (unpaired) electrons. The summed E-state index contributed by atoms with van der Waals surface area (Å²) in [5.41, 5.74) is 7.00. The lowest BCUT2D eigenvalue weighted by atomic mass is 10.0. The number of aromatic hydroxyl groups is 1. The average Bonchev–Trinajstić information content (AvgIpc) is 2.50. The van der Waals surface area contributed by atoms with E-state index in [1.54, 1.807) is 12.1 Å². The van der Waals surface area contributed by atoms with Gasteiger partial charge in [-0.05, 0) is 38.4 Å². The van der Waals surface area contributed by atoms with Crippen molar-refractivity contribution in [1.29, 1.82) is 0 Å². The Morgan fingerprint density at radius 3 is 3.09 bits per heavy atom. The number of rotatable bonds is 6. The van der Waals surface area contributed by atoms with E-state index in [2.05, 4.69) is 15.2 Å². The summed E-state index contributed by atoms with van der Waals surface area (Å²) in [5.74, 6) is 0.242. The zero-order valence-electron chi connectivity index (χ0n) is 13.2. The smallest absolute Gasteiger partial charge is 0.221 e. The molecular formula is C16H26N4O2. The minimum Gasteiger partial charge on any atom is -0.506 e. The van der Waals surface area contributed by atoms with Crippen LogP contribution in [0.5, 0.6) is 5.75 Å². The largest absolute Gasteiger partial charge is 0.506 e. The molecule has 1 aromatic heterocycles. The first-order valence-corrected chi connectivity index (χ1v) is 7.96. The molecule has 1 unspecified atom stereocenters. The average molecular weight is 306 g/mol. The molecule has 1 atom stereocenters. The van der Waals surface area contributed by atoms with Crippen LogP contribution in [0.2, 0.25) is 0 Å². The van der Waals surface area contributed by atoms with Crippen molar-refractivity contribution in [1.82, 2.24) is 15.2 Å². The molecule has 6 nitrogen and oxygen atoms in total. The molecule has 1 fully saturated rings. The highest BCUT2D eigenvalue weighted by Crippen LogP contribution is 2.22. The van der Waals surface area contributed by atoms with E-state index in [1.807, 2.05) is 6.92 Å². The van der Waals surface area contributed by atoms with Gasteiger partial charge in [-0.3, -0.25) is 14.7 Å². The molecule has 0 saturated carbocycles. The van der Waals surface area contributed by atoms with Gasteiger partial charge < -0.3 is 16.2 Å². The lowest BCUT2D eigenvalue weighted by Crippen LogP contribution is -2.46. The summed E-state index contributed by atoms with van der Waals surface area (Å²) >= 11 is 0. The highest BCUT2D eigenvalue weighted by Gasteiger charge is 2.24. The number of pyridine rings is 1. The minimum absolute atomic E-state index is 0.00421. The molecule has 6 heteroatoms. The zero-order valence-corrected chi connectivity index (χ0v) is 13.2. The lowest BCUT2D eigenvalue weighted by Gasteiger charge is -2.35. The molecule has 2 rings (SSSR count). The second-order valence-corrected chi connectivity index (χ2v) is 5.88. The summed E-state index contributed by atoms with van der Waals surface area (Å²) in [6, 6.07) is 3.79. The zero-order chi connectivity index (χ0) is 15.9. The van der Waals surface area contributed by atoms with Gasteiger partial charge in [0.05, 0.1) is 5.69 Å². The van der Waals surface area contributed by atoms with E-state index in [0.717, 1.165) is 25.1 Å². The number of piperidine rings is 1. The summed E-state index contributed by atoms with van der Waals surface area (Å²) in [7, 11) is 0. The molecule has 1 amide bonds. The Morgan fingerprint density at radius 2 is 2.32 bits per heavy atom. The predicted octanol–water partition coefficient (Wildman–Crippen LogP) is 0.915. The number of carbonyl (C=O) groups is 1. The molecule has 0 bridgehead atoms. The van der Waals surface area contributed by atoms with Crippen LogP contribution in [-0.2, 0) is 11.3 Å². The van der Waals surface area contributed by atoms with Gasteiger partial charge in [-0.15, -0.1) is 0 Å². The number of aromatic nitrogens is 1. The van der Waals surface area contributed by atoms with Crippen molar-refractivity contribution < 1.29 is 9.90 Å². The molecular weight excluding hydrogens is 280 g/mol. The number of aryl methyl sites for hydroxylation is 1. The van der Waals surface area contributed by atoms with E-state index < -0.39 is 0 Å². The van der Waals surface area contributed by atoms with Gasteiger partial charge in [-0.1, -0.05) is 6.42 Å². The first-order chi connectivity index (χ1) is 10.6. The molecule has 4 N–H and O–H groups in total. The van der Waals surface area contributed by atoms with Crippen LogP contribution in [0.1, 0.15) is 37.1 Å². The molecule has 0 spiro atoms. The van der Waals surface area contributed by atoms with Crippen LogP contribution in [0, 0.1) is 6.92 Å². The van der Waals surface area contributed by atoms with E-state index in [4.69, 9.17) is 5.73 Å². The van der Waals surface area contributed by atoms with Gasteiger partial charge in [0.2, 0.25) is 5.91 Å². The third-order valence-corrected chi connectivity index (χ3v) is 4.10. The second-order valence-electron chi connectivity index (χ2n) is 5.88. The van der Waals surface area contributed by atoms with E-state index in [9.17, 15) is 9.90 Å². The van der Waals surface area contributed by atoms with Crippen molar-refractivity contribution in [3.05, 3.63) is 23.5 Å². The SMILES string of the molecule is Cc1ccc(O)c(CN2CCCCC2CNC(=O)CCN)n1. The molecule has 1 aromatic rings. The van der Waals surface area contributed by atoms with E-state index in [-0.39, 0.29) is 17.7 Å². The monoisotopic (exact) mass is 306 g/mol. The number of nitrogens with one attached hydrogen (secondary N) is 1. The number of hydrogen-bond donors (Lipinski definition) is 3. The highest BCUT2D eigenvalue weighted by molar-refractivity contribution is 5.76. The van der Waals surface area contributed by atoms with Gasteiger partial charge >= 0.3 is 0 Å². The van der Waals surface area contributed by atoms with Crippen LogP contribution in [-0.4, -0.2) is 46.6 Å². The molecule has 1 aliphatic rings. The first-order valence-electron chi connectivity index (χ1n) is 7.96. The van der Waals surface area contributed by atoms with Crippen LogP contribution in [0.4, 0.5) is 0 Å². The van der Waals surface area contributed by atoms with E-state index in [0.29, 0.717) is 31.7 Å². The Labute approximate surface area is 131 Å². The van der Waals surface area contributed by atoms with Crippen molar-refractivity contribution in [2.24, 2.45) is 5.73 Å². The molecule has 1 aliphatic heterocycles. The normalized spacial score (nSPS) is 19.1. The maximum Gasteiger partial charge on any atom is 0.221 e. The number of likely N-dealkylation sites (tertiary alicyclic amines) is 1. The van der Waals surface area contributed by atoms with Gasteiger partial charge in [0.25, 0.3) is 0 Å². The lowest BCUT2D eigenvalue weighted by molar-refractivity contribution is -0.121. The fraction of sp³-hybridized carbons (Fsp3) is 0.625. The Bertz CT molecular complexity index is 507. The first kappa shape index (κ1) is 16.7. The summed E-state index contributed by atoms with van der Waals surface area (Å²) in [6.07, 6.45) is 3.73. The Hall–Kier alpha value is -1.66. The van der Waals surface area contributed by atoms with E-state index >= 15 is 0 Å². The predicted molar refractivity (Wildman–Crippen MR) is 85.4 cm³/mol. The fourth-order valence-electron chi connectivity index (χ4n) is 2.86. The van der Waals surface area contributed by atoms with Crippen LogP contribution >= 0.6 is 0 Å². The van der Waals surface area contributed by atoms with Crippen LogP contribution < -0.4 is 11.1 Å². The molecule has 1 saturated heterocycles. The van der Waals surface area contributed by atoms with Crippen LogP contribution in [0.15, 0.2) is 12.1 Å². The van der Waals surface area contributed by atoms with Gasteiger partial charge in [0, 0.05) is 37.8 Å². The third-order valence-electron chi connectivity index (χ3n) is 4.10. The Balaban J connectivity index is 1.97. The molecule has 122 valence electrons. The van der Waals surface area contributed by atoms with Crippen molar-refractivity contribution in [3.63, 3.8) is 0 Å². The fourth-order valence-corrected chi connectivity index (χ4v) is 2.86. The maximum absolute atomic E-state index is 11.6. The van der Waals surface area contributed by atoms with Gasteiger partial charge in [0.1, 0.15) is 5.75 Å². The molecule has 2 heterocycles. The van der Waals surface area contributed by atoms with Gasteiger partial charge in [-0.25, -0.2) is 0 Å². The van der Waals surface area contributed by atoms with Crippen LogP contribution in [0.3, 0.4) is 0 Å². The molecule has 0 aromatic carbocycles. The maximum atomic E-state index is 11.6. The Morgan fingerprint density at radius 1 is 1.50 bits per heavy atom. The van der Waals surface area contributed by atoms with E-state index in [1.165, 1.54) is 6.42 Å². The second kappa shape index (κ2) is 8.10. The molecule has 0 aliphatic carbocycles. The third kappa shape index (κ3) is 4.68. The van der Waals surface area contributed by atoms with Crippen molar-refractivity contribution in [3.8, 4) is 5.75 Å². The minimum atomic E-state index is 0.00421. The number of hydrogen-bond acceptors (Lipinski definition) is 5. The van der Waals surface area contributed by atoms with Gasteiger partial charge in [-0.2, -0.15) is 0 Å². The number of carbonyl (C=O) groups excluding carboxylic acids is 1. The summed E-state index contributed by atoms with van der Waals surface area (Å²) < 4.78 is 0. The summed E-state index contributed by atoms with van der Waals surface area (Å²) in [4.78, 5) is 18.3. The quantitative estimate of drug-likeness (QED) is 0.727.